The van der Waals surface area contributed by atoms with Crippen molar-refractivity contribution in [2.24, 2.45) is 11.8 Å². The summed E-state index contributed by atoms with van der Waals surface area (Å²) in [4.78, 5) is 43.3. The van der Waals surface area contributed by atoms with Gasteiger partial charge in [0.15, 0.2) is 0 Å². The molecule has 2 atom stereocenters. The molecule has 0 fully saturated rings. The van der Waals surface area contributed by atoms with E-state index in [4.69, 9.17) is 10.2 Å². The molecule has 0 spiro atoms. The lowest BCUT2D eigenvalue weighted by Gasteiger charge is -2.17. The monoisotopic (exact) mass is 396 g/mol. The van der Waals surface area contributed by atoms with Gasteiger partial charge >= 0.3 is 23.9 Å². The zero-order valence-corrected chi connectivity index (χ0v) is 15.9. The fourth-order valence-corrected chi connectivity index (χ4v) is 1.89. The molecule has 28 heavy (non-hydrogen) atoms. The number of carbonyl (C=O) groups is 4. The lowest BCUT2D eigenvalue weighted by molar-refractivity contribution is -0.153. The van der Waals surface area contributed by atoms with Gasteiger partial charge in [0.25, 0.3) is 0 Å². The maximum atomic E-state index is 10.9. The van der Waals surface area contributed by atoms with E-state index in [9.17, 15) is 19.2 Å². The molecule has 0 bridgehead atoms. The van der Waals surface area contributed by atoms with E-state index in [0.29, 0.717) is 0 Å². The van der Waals surface area contributed by atoms with Crippen LogP contribution < -0.4 is 0 Å². The minimum atomic E-state index is -1.11. The number of aliphatic carboxylic acids is 2. The van der Waals surface area contributed by atoms with Gasteiger partial charge in [0.05, 0.1) is 24.7 Å². The van der Waals surface area contributed by atoms with Crippen LogP contribution in [-0.2, 0) is 28.7 Å². The first kappa shape index (κ1) is 27.1. The Kier molecular flexibility index (Phi) is 16.7. The molecule has 0 aromatic heterocycles. The van der Waals surface area contributed by atoms with Gasteiger partial charge in [0.1, 0.15) is 13.2 Å². The van der Waals surface area contributed by atoms with Gasteiger partial charge in [-0.25, -0.2) is 0 Å². The first-order valence-electron chi connectivity index (χ1n) is 8.45. The smallest absolute Gasteiger partial charge is 0.307 e. The number of carboxylic acid groups (broad SMARTS) is 2. The number of hydrogen-bond donors (Lipinski definition) is 2. The second-order valence-electron chi connectivity index (χ2n) is 5.38. The third-order valence-electron chi connectivity index (χ3n) is 3.22. The Morgan fingerprint density at radius 1 is 0.679 bits per heavy atom. The predicted molar refractivity (Wildman–Crippen MR) is 103 cm³/mol. The van der Waals surface area contributed by atoms with Crippen LogP contribution in [0.25, 0.3) is 0 Å². The number of ether oxygens (including phenoxy) is 2. The summed E-state index contributed by atoms with van der Waals surface area (Å²) in [6, 6.07) is 0. The molecule has 8 nitrogen and oxygen atoms in total. The van der Waals surface area contributed by atoms with E-state index in [2.05, 4.69) is 35.8 Å². The van der Waals surface area contributed by atoms with Crippen molar-refractivity contribution in [1.29, 1.82) is 0 Å². The van der Waals surface area contributed by atoms with E-state index in [0.717, 1.165) is 0 Å². The average Bonchev–Trinajstić information content (AvgIpc) is 2.65. The molecule has 0 aliphatic carbocycles. The van der Waals surface area contributed by atoms with E-state index in [1.807, 2.05) is 0 Å². The molecule has 0 aromatic carbocycles. The van der Waals surface area contributed by atoms with Gasteiger partial charge in [-0.1, -0.05) is 37.5 Å². The summed E-state index contributed by atoms with van der Waals surface area (Å²) < 4.78 is 9.32. The Labute approximate surface area is 164 Å². The van der Waals surface area contributed by atoms with Crippen molar-refractivity contribution in [1.82, 2.24) is 0 Å². The van der Waals surface area contributed by atoms with Crippen molar-refractivity contribution < 1.29 is 38.9 Å². The Hall–Kier alpha value is -3.16. The van der Waals surface area contributed by atoms with Crippen molar-refractivity contribution in [3.8, 4) is 0 Å². The lowest BCUT2D eigenvalue weighted by Crippen LogP contribution is -2.29. The number of hydrogen-bond acceptors (Lipinski definition) is 6. The van der Waals surface area contributed by atoms with E-state index < -0.39 is 35.7 Å². The van der Waals surface area contributed by atoms with Crippen LogP contribution in [0.1, 0.15) is 25.7 Å². The first-order chi connectivity index (χ1) is 13.2. The summed E-state index contributed by atoms with van der Waals surface area (Å²) in [5, 5.41) is 17.6. The van der Waals surface area contributed by atoms with Gasteiger partial charge in [-0.2, -0.15) is 0 Å². The van der Waals surface area contributed by atoms with Crippen LogP contribution >= 0.6 is 0 Å². The number of carbonyl (C=O) groups excluding carboxylic acids is 2. The lowest BCUT2D eigenvalue weighted by atomic mass is 9.87. The van der Waals surface area contributed by atoms with E-state index in [1.165, 1.54) is 24.3 Å². The molecular formula is C20H28O8. The Morgan fingerprint density at radius 2 is 1.00 bits per heavy atom. The van der Waals surface area contributed by atoms with Crippen LogP contribution in [0, 0.1) is 11.8 Å². The van der Waals surface area contributed by atoms with Crippen LogP contribution in [-0.4, -0.2) is 47.3 Å². The zero-order valence-electron chi connectivity index (χ0n) is 15.9. The maximum absolute atomic E-state index is 10.9. The maximum Gasteiger partial charge on any atom is 0.307 e. The van der Waals surface area contributed by atoms with Crippen LogP contribution in [0.5, 0.6) is 0 Å². The summed E-state index contributed by atoms with van der Waals surface area (Å²) in [5.41, 5.74) is 0. The van der Waals surface area contributed by atoms with Gasteiger partial charge in [-0.3, -0.25) is 19.2 Å². The molecule has 8 heteroatoms. The summed E-state index contributed by atoms with van der Waals surface area (Å²) in [5.74, 6) is -4.94. The molecule has 156 valence electrons. The predicted octanol–water partition coefficient (Wildman–Crippen LogP) is 2.77. The SMILES string of the molecule is C=CCC(C(=O)O)C(CC=C)C(=O)O.C=CCOC(=O)CCC(=O)OCC=C. The molecule has 0 aliphatic heterocycles. The molecule has 0 rings (SSSR count). The van der Waals surface area contributed by atoms with Crippen molar-refractivity contribution >= 4 is 23.9 Å². The van der Waals surface area contributed by atoms with Gasteiger partial charge in [0.2, 0.25) is 0 Å². The molecule has 0 heterocycles. The van der Waals surface area contributed by atoms with E-state index in [1.54, 1.807) is 0 Å². The number of rotatable bonds is 14. The summed E-state index contributed by atoms with van der Waals surface area (Å²) in [6.45, 7) is 13.9. The van der Waals surface area contributed by atoms with Crippen LogP contribution in [0.15, 0.2) is 50.6 Å². The van der Waals surface area contributed by atoms with Crippen molar-refractivity contribution in [3.63, 3.8) is 0 Å². The highest BCUT2D eigenvalue weighted by Crippen LogP contribution is 2.21. The molecule has 0 aromatic rings. The van der Waals surface area contributed by atoms with Gasteiger partial charge < -0.3 is 19.7 Å². The number of carboxylic acids is 2. The fraction of sp³-hybridized carbons (Fsp3) is 0.400. The first-order valence-corrected chi connectivity index (χ1v) is 8.45. The summed E-state index contributed by atoms with van der Waals surface area (Å²) in [6.07, 6.45) is 6.13. The molecule has 2 N–H and O–H groups in total. The molecular weight excluding hydrogens is 368 g/mol. The van der Waals surface area contributed by atoms with Crippen LogP contribution in [0.3, 0.4) is 0 Å². The van der Waals surface area contributed by atoms with Gasteiger partial charge in [-0.15, -0.1) is 13.2 Å². The molecule has 0 saturated heterocycles. The Morgan fingerprint density at radius 3 is 1.21 bits per heavy atom. The largest absolute Gasteiger partial charge is 0.481 e. The van der Waals surface area contributed by atoms with E-state index in [-0.39, 0.29) is 38.9 Å². The quantitative estimate of drug-likeness (QED) is 0.339. The van der Waals surface area contributed by atoms with Crippen molar-refractivity contribution in [3.05, 3.63) is 50.6 Å². The Balaban J connectivity index is 0. The highest BCUT2D eigenvalue weighted by atomic mass is 16.5. The van der Waals surface area contributed by atoms with Gasteiger partial charge in [0, 0.05) is 0 Å². The minimum absolute atomic E-state index is 0.0316. The standard InChI is InChI=1S/2C10H14O4/c1-3-7-13-9(11)5-6-10(12)14-8-4-2;1-3-5-7(9(11)12)8(6-4-2)10(13)14/h3-4H,1-2,5-8H2;3-4,7-8H,1-2,5-6H2,(H,11,12)(H,13,14). The fourth-order valence-electron chi connectivity index (χ4n) is 1.89. The molecule has 0 radical (unpaired) electrons. The van der Waals surface area contributed by atoms with Crippen molar-refractivity contribution in [2.45, 2.75) is 25.7 Å². The van der Waals surface area contributed by atoms with Crippen LogP contribution in [0.4, 0.5) is 0 Å². The summed E-state index contributed by atoms with van der Waals surface area (Å²) >= 11 is 0. The highest BCUT2D eigenvalue weighted by Gasteiger charge is 2.31. The second-order valence-corrected chi connectivity index (χ2v) is 5.38. The number of allylic oxidation sites excluding steroid dienone is 2. The third-order valence-corrected chi connectivity index (χ3v) is 3.22. The number of esters is 2. The molecule has 0 amide bonds. The van der Waals surface area contributed by atoms with E-state index >= 15 is 0 Å². The minimum Gasteiger partial charge on any atom is -0.481 e. The highest BCUT2D eigenvalue weighted by molar-refractivity contribution is 5.80. The zero-order chi connectivity index (χ0) is 21.9. The molecule has 2 unspecified atom stereocenters. The topological polar surface area (TPSA) is 127 Å². The van der Waals surface area contributed by atoms with Gasteiger partial charge in [-0.05, 0) is 12.8 Å². The average molecular weight is 396 g/mol. The summed E-state index contributed by atoms with van der Waals surface area (Å²) in [7, 11) is 0. The molecule has 0 saturated carbocycles. The second kappa shape index (κ2) is 17.3. The molecule has 0 aliphatic rings. The third kappa shape index (κ3) is 14.1. The normalized spacial score (nSPS) is 11.4. The van der Waals surface area contributed by atoms with Crippen molar-refractivity contribution in [2.75, 3.05) is 13.2 Å². The Bertz CT molecular complexity index is 515. The van der Waals surface area contributed by atoms with Crippen LogP contribution in [0.2, 0.25) is 0 Å².